The maximum absolute atomic E-state index is 14.7. The molecule has 1 saturated heterocycles. The van der Waals surface area contributed by atoms with E-state index in [0.29, 0.717) is 30.2 Å². The molecule has 138 valence electrons. The number of halogens is 2. The number of carbonyl (C=O) groups is 1. The Morgan fingerprint density at radius 1 is 1.22 bits per heavy atom. The van der Waals surface area contributed by atoms with Crippen LogP contribution in [0.15, 0.2) is 54.9 Å². The molecule has 0 saturated carbocycles. The number of anilines is 1. The van der Waals surface area contributed by atoms with Gasteiger partial charge in [-0.3, -0.25) is 4.90 Å². The van der Waals surface area contributed by atoms with Crippen molar-refractivity contribution in [2.75, 3.05) is 11.4 Å². The molecule has 3 aromatic rings. The lowest BCUT2D eigenvalue weighted by molar-refractivity contribution is 0.129. The fourth-order valence-electron chi connectivity index (χ4n) is 3.05. The van der Waals surface area contributed by atoms with Crippen LogP contribution in [-0.4, -0.2) is 33.7 Å². The highest BCUT2D eigenvalue weighted by molar-refractivity contribution is 6.17. The number of hydrogen-bond donors (Lipinski definition) is 0. The van der Waals surface area contributed by atoms with Crippen molar-refractivity contribution in [3.05, 3.63) is 66.2 Å². The Hall–Kier alpha value is -2.93. The summed E-state index contributed by atoms with van der Waals surface area (Å²) in [5, 5.41) is 7.59. The van der Waals surface area contributed by atoms with Gasteiger partial charge in [0.2, 0.25) is 0 Å². The lowest BCUT2D eigenvalue weighted by atomic mass is 10.0. The van der Waals surface area contributed by atoms with E-state index in [9.17, 15) is 9.18 Å². The lowest BCUT2D eigenvalue weighted by Crippen LogP contribution is -2.26. The van der Waals surface area contributed by atoms with Gasteiger partial charge in [0.05, 0.1) is 25.0 Å². The molecule has 8 heteroatoms. The highest BCUT2D eigenvalue weighted by Gasteiger charge is 2.33. The van der Waals surface area contributed by atoms with Crippen LogP contribution in [0, 0.1) is 5.82 Å². The zero-order valence-electron chi connectivity index (χ0n) is 14.3. The Bertz CT molecular complexity index is 947. The predicted octanol–water partition coefficient (Wildman–Crippen LogP) is 3.85. The number of nitrogens with zero attached hydrogens (tertiary/aromatic N) is 4. The molecule has 0 radical (unpaired) electrons. The van der Waals surface area contributed by atoms with Gasteiger partial charge in [-0.25, -0.2) is 13.9 Å². The Labute approximate surface area is 160 Å². The van der Waals surface area contributed by atoms with E-state index < -0.39 is 11.9 Å². The number of rotatable bonds is 5. The van der Waals surface area contributed by atoms with E-state index in [1.807, 2.05) is 24.3 Å². The van der Waals surface area contributed by atoms with Crippen LogP contribution in [-0.2, 0) is 17.2 Å². The third-order valence-corrected chi connectivity index (χ3v) is 4.73. The van der Waals surface area contributed by atoms with Crippen molar-refractivity contribution in [1.29, 1.82) is 0 Å². The normalized spacial score (nSPS) is 16.6. The number of hydrogen-bond acceptors (Lipinski definition) is 4. The molecule has 1 amide bonds. The number of amides is 1. The maximum atomic E-state index is 14.7. The van der Waals surface area contributed by atoms with Crippen molar-refractivity contribution in [3.8, 4) is 11.1 Å². The Morgan fingerprint density at radius 3 is 2.70 bits per heavy atom. The van der Waals surface area contributed by atoms with E-state index >= 15 is 0 Å². The van der Waals surface area contributed by atoms with Crippen LogP contribution in [0.4, 0.5) is 14.9 Å². The third-order valence-electron chi connectivity index (χ3n) is 4.42. The zero-order chi connectivity index (χ0) is 18.8. The summed E-state index contributed by atoms with van der Waals surface area (Å²) in [6.45, 7) is 0.720. The summed E-state index contributed by atoms with van der Waals surface area (Å²) in [5.41, 5.74) is 2.64. The highest BCUT2D eigenvalue weighted by Crippen LogP contribution is 2.29. The van der Waals surface area contributed by atoms with Gasteiger partial charge in [0.1, 0.15) is 11.9 Å². The average Bonchev–Trinajstić information content (AvgIpc) is 3.31. The summed E-state index contributed by atoms with van der Waals surface area (Å²) in [6, 6.07) is 12.1. The van der Waals surface area contributed by atoms with Crippen LogP contribution in [0.25, 0.3) is 11.1 Å². The molecule has 1 aromatic heterocycles. The quantitative estimate of drug-likeness (QED) is 0.625. The molecule has 1 fully saturated rings. The summed E-state index contributed by atoms with van der Waals surface area (Å²) in [5.74, 6) is 0.00721. The van der Waals surface area contributed by atoms with Crippen LogP contribution in [0.3, 0.4) is 0 Å². The standard InChI is InChI=1S/C19H16ClFN4O2/c20-10-13-1-3-14(4-2-13)17-6-5-15(9-18(17)21)25-12-16(27-19(25)26)11-24-8-7-22-23-24/h1-9,16H,10-12H2. The third kappa shape index (κ3) is 3.64. The van der Waals surface area contributed by atoms with Crippen LogP contribution < -0.4 is 4.90 Å². The van der Waals surface area contributed by atoms with Gasteiger partial charge < -0.3 is 4.74 Å². The zero-order valence-corrected chi connectivity index (χ0v) is 15.0. The van der Waals surface area contributed by atoms with Crippen LogP contribution in [0.1, 0.15) is 5.56 Å². The van der Waals surface area contributed by atoms with Gasteiger partial charge in [-0.2, -0.15) is 0 Å². The van der Waals surface area contributed by atoms with E-state index in [1.165, 1.54) is 11.0 Å². The van der Waals surface area contributed by atoms with Gasteiger partial charge in [-0.15, -0.1) is 16.7 Å². The molecule has 1 atom stereocenters. The van der Waals surface area contributed by atoms with Gasteiger partial charge in [0.25, 0.3) is 0 Å². The molecular weight excluding hydrogens is 371 g/mol. The van der Waals surface area contributed by atoms with Gasteiger partial charge >= 0.3 is 6.09 Å². The second kappa shape index (κ2) is 7.36. The van der Waals surface area contributed by atoms with Crippen molar-refractivity contribution in [3.63, 3.8) is 0 Å². The number of ether oxygens (including phenoxy) is 1. The first-order chi connectivity index (χ1) is 13.1. The molecule has 2 aromatic carbocycles. The molecule has 0 aliphatic carbocycles. The molecule has 0 spiro atoms. The summed E-state index contributed by atoms with van der Waals surface area (Å²) in [4.78, 5) is 13.6. The van der Waals surface area contributed by atoms with Crippen molar-refractivity contribution in [1.82, 2.24) is 15.0 Å². The van der Waals surface area contributed by atoms with E-state index in [-0.39, 0.29) is 6.10 Å². The predicted molar refractivity (Wildman–Crippen MR) is 99.0 cm³/mol. The SMILES string of the molecule is O=C1OC(Cn2ccnn2)CN1c1ccc(-c2ccc(CCl)cc2)c(F)c1. The van der Waals surface area contributed by atoms with Crippen LogP contribution >= 0.6 is 11.6 Å². The van der Waals surface area contributed by atoms with Gasteiger partial charge in [-0.1, -0.05) is 29.5 Å². The highest BCUT2D eigenvalue weighted by atomic mass is 35.5. The molecule has 2 heterocycles. The van der Waals surface area contributed by atoms with E-state index in [1.54, 1.807) is 29.2 Å². The Morgan fingerprint density at radius 2 is 2.04 bits per heavy atom. The van der Waals surface area contributed by atoms with Crippen LogP contribution in [0.5, 0.6) is 0 Å². The number of benzene rings is 2. The second-order valence-electron chi connectivity index (χ2n) is 6.24. The smallest absolute Gasteiger partial charge is 0.414 e. The van der Waals surface area contributed by atoms with Crippen molar-refractivity contribution in [2.45, 2.75) is 18.5 Å². The summed E-state index contributed by atoms with van der Waals surface area (Å²) in [7, 11) is 0. The first-order valence-corrected chi connectivity index (χ1v) is 8.94. The second-order valence-corrected chi connectivity index (χ2v) is 6.50. The fourth-order valence-corrected chi connectivity index (χ4v) is 3.22. The number of cyclic esters (lactones) is 1. The minimum atomic E-state index is -0.501. The number of aromatic nitrogens is 3. The lowest BCUT2D eigenvalue weighted by Gasteiger charge is -2.14. The fraction of sp³-hybridized carbons (Fsp3) is 0.211. The minimum Gasteiger partial charge on any atom is -0.442 e. The van der Waals surface area contributed by atoms with Crippen molar-refractivity contribution < 1.29 is 13.9 Å². The largest absolute Gasteiger partial charge is 0.442 e. The Balaban J connectivity index is 1.52. The molecule has 0 bridgehead atoms. The number of alkyl halides is 1. The monoisotopic (exact) mass is 386 g/mol. The summed E-state index contributed by atoms with van der Waals surface area (Å²) in [6.07, 6.45) is 2.38. The van der Waals surface area contributed by atoms with Crippen LogP contribution in [0.2, 0.25) is 0 Å². The molecule has 6 nitrogen and oxygen atoms in total. The molecule has 1 aliphatic heterocycles. The molecule has 27 heavy (non-hydrogen) atoms. The van der Waals surface area contributed by atoms with E-state index in [2.05, 4.69) is 10.3 Å². The first kappa shape index (κ1) is 17.5. The molecule has 1 aliphatic rings. The number of carbonyl (C=O) groups excluding carboxylic acids is 1. The van der Waals surface area contributed by atoms with Crippen molar-refractivity contribution >= 4 is 23.4 Å². The van der Waals surface area contributed by atoms with E-state index in [4.69, 9.17) is 16.3 Å². The van der Waals surface area contributed by atoms with Gasteiger partial charge in [0, 0.05) is 17.6 Å². The summed E-state index contributed by atoms with van der Waals surface area (Å²) >= 11 is 5.79. The molecule has 1 unspecified atom stereocenters. The van der Waals surface area contributed by atoms with Crippen molar-refractivity contribution in [2.24, 2.45) is 0 Å². The molecule has 4 rings (SSSR count). The van der Waals surface area contributed by atoms with Gasteiger partial charge in [0.15, 0.2) is 0 Å². The summed E-state index contributed by atoms with van der Waals surface area (Å²) < 4.78 is 21.6. The molecular formula is C19H16ClFN4O2. The van der Waals surface area contributed by atoms with E-state index in [0.717, 1.165) is 11.1 Å². The Kier molecular flexibility index (Phi) is 4.77. The average molecular weight is 387 g/mol. The minimum absolute atomic E-state index is 0.321. The topological polar surface area (TPSA) is 60.3 Å². The van der Waals surface area contributed by atoms with Gasteiger partial charge in [-0.05, 0) is 29.3 Å². The molecule has 0 N–H and O–H groups in total. The first-order valence-electron chi connectivity index (χ1n) is 8.41. The maximum Gasteiger partial charge on any atom is 0.414 e.